The Hall–Kier alpha value is -1.87. The van der Waals surface area contributed by atoms with Gasteiger partial charge in [0.25, 0.3) is 0 Å². The van der Waals surface area contributed by atoms with Gasteiger partial charge in [0.2, 0.25) is 0 Å². The lowest BCUT2D eigenvalue weighted by molar-refractivity contribution is 0.408. The summed E-state index contributed by atoms with van der Waals surface area (Å²) in [7, 11) is 5.66. The van der Waals surface area contributed by atoms with Crippen LogP contribution in [0.1, 0.15) is 18.5 Å². The number of nitrogens with zero attached hydrogens (tertiary/aromatic N) is 1. The molecule has 0 bridgehead atoms. The van der Waals surface area contributed by atoms with Gasteiger partial charge < -0.3 is 15.0 Å². The van der Waals surface area contributed by atoms with E-state index in [0.717, 1.165) is 27.7 Å². The molecule has 0 aliphatic heterocycles. The summed E-state index contributed by atoms with van der Waals surface area (Å²) < 4.78 is 5.43. The van der Waals surface area contributed by atoms with Crippen molar-refractivity contribution in [2.45, 2.75) is 13.0 Å². The molecule has 1 unspecified atom stereocenters. The Balaban J connectivity index is 2.32. The molecule has 0 heterocycles. The molecule has 1 atom stereocenters. The average Bonchev–Trinajstić information content (AvgIpc) is 2.46. The first-order valence-corrected chi connectivity index (χ1v) is 7.27. The maximum atomic E-state index is 6.31. The third-order valence-corrected chi connectivity index (χ3v) is 3.72. The molecule has 0 radical (unpaired) electrons. The molecule has 0 aliphatic carbocycles. The second-order valence-electron chi connectivity index (χ2n) is 5.14. The van der Waals surface area contributed by atoms with Crippen LogP contribution in [0.3, 0.4) is 0 Å². The number of methoxy groups -OCH3 is 1. The van der Waals surface area contributed by atoms with Crippen molar-refractivity contribution in [2.75, 3.05) is 31.4 Å². The summed E-state index contributed by atoms with van der Waals surface area (Å²) in [6.07, 6.45) is 0. The van der Waals surface area contributed by atoms with E-state index in [4.69, 9.17) is 16.3 Å². The fourth-order valence-electron chi connectivity index (χ4n) is 2.42. The van der Waals surface area contributed by atoms with Crippen molar-refractivity contribution >= 4 is 23.0 Å². The Morgan fingerprint density at radius 1 is 1.10 bits per heavy atom. The minimum absolute atomic E-state index is 0.110. The van der Waals surface area contributed by atoms with E-state index in [-0.39, 0.29) is 6.04 Å². The maximum absolute atomic E-state index is 6.31. The first-order valence-electron chi connectivity index (χ1n) is 6.90. The van der Waals surface area contributed by atoms with E-state index in [2.05, 4.69) is 18.3 Å². The molecular weight excluding hydrogens is 284 g/mol. The van der Waals surface area contributed by atoms with Crippen molar-refractivity contribution < 1.29 is 4.74 Å². The van der Waals surface area contributed by atoms with Gasteiger partial charge >= 0.3 is 0 Å². The van der Waals surface area contributed by atoms with Crippen LogP contribution in [0.5, 0.6) is 5.75 Å². The number of halogens is 1. The summed E-state index contributed by atoms with van der Waals surface area (Å²) in [5, 5.41) is 4.25. The molecule has 4 heteroatoms. The van der Waals surface area contributed by atoms with Crippen LogP contribution in [0.15, 0.2) is 42.5 Å². The minimum atomic E-state index is 0.110. The second-order valence-corrected chi connectivity index (χ2v) is 5.55. The molecule has 0 amide bonds. The van der Waals surface area contributed by atoms with Crippen molar-refractivity contribution in [3.8, 4) is 5.75 Å². The Morgan fingerprint density at radius 2 is 1.81 bits per heavy atom. The van der Waals surface area contributed by atoms with Gasteiger partial charge in [-0.1, -0.05) is 35.9 Å². The molecule has 2 aromatic carbocycles. The number of para-hydroxylation sites is 2. The SMILES string of the molecule is COc1ccccc1C(C)Nc1cccc(Cl)c1N(C)C. The van der Waals surface area contributed by atoms with Crippen molar-refractivity contribution in [3.05, 3.63) is 53.1 Å². The standard InChI is InChI=1S/C17H21ClN2O/c1-12(13-8-5-6-11-16(13)21-4)19-15-10-7-9-14(18)17(15)20(2)3/h5-12,19H,1-4H3. The Labute approximate surface area is 131 Å². The molecule has 112 valence electrons. The summed E-state index contributed by atoms with van der Waals surface area (Å²) in [6.45, 7) is 2.11. The maximum Gasteiger partial charge on any atom is 0.124 e. The van der Waals surface area contributed by atoms with Crippen LogP contribution in [0.25, 0.3) is 0 Å². The number of benzene rings is 2. The Morgan fingerprint density at radius 3 is 2.48 bits per heavy atom. The molecule has 2 aromatic rings. The third kappa shape index (κ3) is 3.42. The van der Waals surface area contributed by atoms with Gasteiger partial charge in [-0.05, 0) is 25.1 Å². The number of rotatable bonds is 5. The van der Waals surface area contributed by atoms with E-state index >= 15 is 0 Å². The molecule has 0 aliphatic rings. The van der Waals surface area contributed by atoms with Crippen molar-refractivity contribution in [2.24, 2.45) is 0 Å². The van der Waals surface area contributed by atoms with E-state index < -0.39 is 0 Å². The van der Waals surface area contributed by atoms with Crippen molar-refractivity contribution in [1.82, 2.24) is 0 Å². The number of nitrogens with one attached hydrogen (secondary N) is 1. The molecule has 21 heavy (non-hydrogen) atoms. The van der Waals surface area contributed by atoms with Crippen LogP contribution in [0.4, 0.5) is 11.4 Å². The van der Waals surface area contributed by atoms with Gasteiger partial charge in [-0.3, -0.25) is 0 Å². The smallest absolute Gasteiger partial charge is 0.124 e. The van der Waals surface area contributed by atoms with Crippen LogP contribution < -0.4 is 15.0 Å². The van der Waals surface area contributed by atoms with Crippen LogP contribution in [-0.2, 0) is 0 Å². The number of hydrogen-bond acceptors (Lipinski definition) is 3. The topological polar surface area (TPSA) is 24.5 Å². The highest BCUT2D eigenvalue weighted by Crippen LogP contribution is 2.35. The molecule has 3 nitrogen and oxygen atoms in total. The van der Waals surface area contributed by atoms with E-state index in [0.29, 0.717) is 0 Å². The first kappa shape index (κ1) is 15.5. The second kappa shape index (κ2) is 6.72. The molecule has 0 fully saturated rings. The van der Waals surface area contributed by atoms with E-state index in [1.807, 2.05) is 55.4 Å². The third-order valence-electron chi connectivity index (χ3n) is 3.41. The molecule has 2 rings (SSSR count). The lowest BCUT2D eigenvalue weighted by Gasteiger charge is -2.24. The van der Waals surface area contributed by atoms with Gasteiger partial charge in [-0.15, -0.1) is 0 Å². The summed E-state index contributed by atoms with van der Waals surface area (Å²) >= 11 is 6.31. The Kier molecular flexibility index (Phi) is 4.97. The summed E-state index contributed by atoms with van der Waals surface area (Å²) in [6, 6.07) is 14.0. The van der Waals surface area contributed by atoms with Crippen LogP contribution in [0.2, 0.25) is 5.02 Å². The highest BCUT2D eigenvalue weighted by atomic mass is 35.5. The minimum Gasteiger partial charge on any atom is -0.496 e. The molecule has 0 spiro atoms. The first-order chi connectivity index (χ1) is 10.0. The monoisotopic (exact) mass is 304 g/mol. The fourth-order valence-corrected chi connectivity index (χ4v) is 2.77. The van der Waals surface area contributed by atoms with Crippen LogP contribution in [0, 0.1) is 0 Å². The molecule has 0 saturated heterocycles. The van der Waals surface area contributed by atoms with E-state index in [1.54, 1.807) is 7.11 Å². The van der Waals surface area contributed by atoms with Gasteiger partial charge in [0.1, 0.15) is 5.75 Å². The van der Waals surface area contributed by atoms with Gasteiger partial charge in [-0.25, -0.2) is 0 Å². The fraction of sp³-hybridized carbons (Fsp3) is 0.294. The van der Waals surface area contributed by atoms with Gasteiger partial charge in [0.05, 0.1) is 29.5 Å². The zero-order valence-electron chi connectivity index (χ0n) is 12.9. The predicted octanol–water partition coefficient (Wildman–Crippen LogP) is 4.59. The number of anilines is 2. The summed E-state index contributed by atoms with van der Waals surface area (Å²) in [5.41, 5.74) is 3.11. The summed E-state index contributed by atoms with van der Waals surface area (Å²) in [4.78, 5) is 2.01. The lowest BCUT2D eigenvalue weighted by Crippen LogP contribution is -2.15. The largest absolute Gasteiger partial charge is 0.496 e. The summed E-state index contributed by atoms with van der Waals surface area (Å²) in [5.74, 6) is 0.880. The van der Waals surface area contributed by atoms with Gasteiger partial charge in [-0.2, -0.15) is 0 Å². The molecule has 1 N–H and O–H groups in total. The van der Waals surface area contributed by atoms with Crippen molar-refractivity contribution in [1.29, 1.82) is 0 Å². The van der Waals surface area contributed by atoms with E-state index in [9.17, 15) is 0 Å². The molecule has 0 saturated carbocycles. The van der Waals surface area contributed by atoms with Gasteiger partial charge in [0, 0.05) is 19.7 Å². The normalized spacial score (nSPS) is 11.9. The highest BCUT2D eigenvalue weighted by molar-refractivity contribution is 6.34. The molecule has 0 aromatic heterocycles. The Bertz CT molecular complexity index is 613. The molecular formula is C17H21ClN2O. The number of hydrogen-bond donors (Lipinski definition) is 1. The predicted molar refractivity (Wildman–Crippen MR) is 90.8 cm³/mol. The van der Waals surface area contributed by atoms with E-state index in [1.165, 1.54) is 0 Å². The zero-order valence-corrected chi connectivity index (χ0v) is 13.6. The van der Waals surface area contributed by atoms with Crippen LogP contribution in [-0.4, -0.2) is 21.2 Å². The van der Waals surface area contributed by atoms with Crippen LogP contribution >= 0.6 is 11.6 Å². The number of ether oxygens (including phenoxy) is 1. The highest BCUT2D eigenvalue weighted by Gasteiger charge is 2.14. The van der Waals surface area contributed by atoms with Crippen molar-refractivity contribution in [3.63, 3.8) is 0 Å². The average molecular weight is 305 g/mol. The van der Waals surface area contributed by atoms with Gasteiger partial charge in [0.15, 0.2) is 0 Å². The quantitative estimate of drug-likeness (QED) is 0.874. The zero-order chi connectivity index (χ0) is 15.4. The lowest BCUT2D eigenvalue weighted by atomic mass is 10.1.